The van der Waals surface area contributed by atoms with Crippen molar-refractivity contribution in [3.05, 3.63) is 52.3 Å². The molecule has 2 aromatic rings. The van der Waals surface area contributed by atoms with Crippen LogP contribution in [0, 0.1) is 0 Å². The van der Waals surface area contributed by atoms with E-state index in [1.807, 2.05) is 0 Å². The van der Waals surface area contributed by atoms with Crippen LogP contribution in [0.2, 0.25) is 0 Å². The Bertz CT molecular complexity index is 863. The Hall–Kier alpha value is -2.10. The molecule has 0 saturated heterocycles. The lowest BCUT2D eigenvalue weighted by Gasteiger charge is -2.26. The number of aromatic nitrogens is 2. The Morgan fingerprint density at radius 2 is 1.75 bits per heavy atom. The van der Waals surface area contributed by atoms with Gasteiger partial charge >= 0.3 is 0 Å². The smallest absolute Gasteiger partial charge is 0.272 e. The lowest BCUT2D eigenvalue weighted by molar-refractivity contribution is 0.0925. The molecule has 28 heavy (non-hydrogen) atoms. The summed E-state index contributed by atoms with van der Waals surface area (Å²) in [5.74, 6) is 0.0365. The van der Waals surface area contributed by atoms with Crippen LogP contribution in [-0.2, 0) is 19.3 Å². The van der Waals surface area contributed by atoms with Gasteiger partial charge in [-0.1, -0.05) is 43.5 Å². The second-order valence-electron chi connectivity index (χ2n) is 8.83. The SMILES string of the molecule is O=C(NC1CCCc2ccccc21)c1nn(C2CCCCC2)c2c1CCCC2. The third kappa shape index (κ3) is 3.27. The maximum Gasteiger partial charge on any atom is 0.272 e. The standard InChI is InChI=1S/C24H31N3O/c28-24(25-21-15-8-10-17-9-4-5-13-19(17)21)23-20-14-6-7-16-22(20)27(26-23)18-11-2-1-3-12-18/h4-5,9,13,18,21H,1-3,6-8,10-12,14-16H2,(H,25,28). The summed E-state index contributed by atoms with van der Waals surface area (Å²) in [5, 5.41) is 8.28. The fourth-order valence-corrected chi connectivity index (χ4v) is 5.57. The van der Waals surface area contributed by atoms with Crippen molar-refractivity contribution in [2.24, 2.45) is 0 Å². The van der Waals surface area contributed by atoms with Crippen LogP contribution in [0.5, 0.6) is 0 Å². The molecule has 0 spiro atoms. The van der Waals surface area contributed by atoms with E-state index in [1.54, 1.807) is 0 Å². The van der Waals surface area contributed by atoms with Crippen molar-refractivity contribution in [3.8, 4) is 0 Å². The van der Waals surface area contributed by atoms with E-state index < -0.39 is 0 Å². The number of nitrogens with one attached hydrogen (secondary N) is 1. The van der Waals surface area contributed by atoms with Gasteiger partial charge in [0.05, 0.1) is 12.1 Å². The zero-order chi connectivity index (χ0) is 18.9. The molecule has 5 rings (SSSR count). The summed E-state index contributed by atoms with van der Waals surface area (Å²) in [5.41, 5.74) is 5.98. The van der Waals surface area contributed by atoms with E-state index in [9.17, 15) is 4.79 Å². The highest BCUT2D eigenvalue weighted by atomic mass is 16.2. The third-order valence-corrected chi connectivity index (χ3v) is 7.02. The topological polar surface area (TPSA) is 46.9 Å². The van der Waals surface area contributed by atoms with E-state index in [-0.39, 0.29) is 11.9 Å². The molecule has 1 heterocycles. The predicted molar refractivity (Wildman–Crippen MR) is 111 cm³/mol. The number of fused-ring (bicyclic) bond motifs is 2. The monoisotopic (exact) mass is 377 g/mol. The molecule has 1 fully saturated rings. The first-order valence-electron chi connectivity index (χ1n) is 11.3. The highest BCUT2D eigenvalue weighted by Crippen LogP contribution is 2.34. The normalized spacial score (nSPS) is 22.4. The van der Waals surface area contributed by atoms with Crippen molar-refractivity contribution < 1.29 is 4.79 Å². The van der Waals surface area contributed by atoms with E-state index >= 15 is 0 Å². The van der Waals surface area contributed by atoms with Crippen molar-refractivity contribution in [2.45, 2.75) is 89.1 Å². The number of nitrogens with zero attached hydrogens (tertiary/aromatic N) is 2. The van der Waals surface area contributed by atoms with E-state index in [0.717, 1.165) is 32.1 Å². The Labute approximate surface area is 167 Å². The van der Waals surface area contributed by atoms with E-state index in [2.05, 4.69) is 34.3 Å². The Morgan fingerprint density at radius 1 is 0.929 bits per heavy atom. The number of hydrogen-bond donors (Lipinski definition) is 1. The van der Waals surface area contributed by atoms with Crippen LogP contribution in [0.25, 0.3) is 0 Å². The molecule has 0 aliphatic heterocycles. The molecule has 0 bridgehead atoms. The summed E-state index contributed by atoms with van der Waals surface area (Å²) in [4.78, 5) is 13.3. The first-order chi connectivity index (χ1) is 13.8. The predicted octanol–water partition coefficient (Wildman–Crippen LogP) is 5.07. The van der Waals surface area contributed by atoms with Crippen molar-refractivity contribution in [1.82, 2.24) is 15.1 Å². The van der Waals surface area contributed by atoms with Crippen molar-refractivity contribution in [1.29, 1.82) is 0 Å². The lowest BCUT2D eigenvalue weighted by Crippen LogP contribution is -2.32. The fourth-order valence-electron chi connectivity index (χ4n) is 5.57. The Kier molecular flexibility index (Phi) is 4.96. The minimum absolute atomic E-state index is 0.0365. The molecular weight excluding hydrogens is 346 g/mol. The third-order valence-electron chi connectivity index (χ3n) is 7.02. The molecule has 1 aromatic carbocycles. The molecule has 1 unspecified atom stereocenters. The molecule has 3 aliphatic rings. The average Bonchev–Trinajstić information content (AvgIpc) is 3.15. The number of carbonyl (C=O) groups excluding carboxylic acids is 1. The number of amides is 1. The molecule has 4 nitrogen and oxygen atoms in total. The molecule has 1 atom stereocenters. The second kappa shape index (κ2) is 7.73. The Balaban J connectivity index is 1.43. The molecule has 1 aromatic heterocycles. The van der Waals surface area contributed by atoms with E-state index in [0.29, 0.717) is 11.7 Å². The maximum absolute atomic E-state index is 13.3. The number of rotatable bonds is 3. The number of benzene rings is 1. The van der Waals surface area contributed by atoms with Gasteiger partial charge in [-0.2, -0.15) is 5.10 Å². The minimum Gasteiger partial charge on any atom is -0.344 e. The van der Waals surface area contributed by atoms with Gasteiger partial charge in [-0.3, -0.25) is 9.48 Å². The number of carbonyl (C=O) groups is 1. The van der Waals surface area contributed by atoms with Gasteiger partial charge in [-0.15, -0.1) is 0 Å². The molecular formula is C24H31N3O. The van der Waals surface area contributed by atoms with Gasteiger partial charge in [0.15, 0.2) is 5.69 Å². The van der Waals surface area contributed by atoms with Gasteiger partial charge in [-0.05, 0) is 68.9 Å². The zero-order valence-corrected chi connectivity index (χ0v) is 16.8. The summed E-state index contributed by atoms with van der Waals surface area (Å²) >= 11 is 0. The summed E-state index contributed by atoms with van der Waals surface area (Å²) in [6, 6.07) is 9.19. The number of hydrogen-bond acceptors (Lipinski definition) is 2. The quantitative estimate of drug-likeness (QED) is 0.811. The molecule has 3 aliphatic carbocycles. The fraction of sp³-hybridized carbons (Fsp3) is 0.583. The van der Waals surface area contributed by atoms with Crippen molar-refractivity contribution in [2.75, 3.05) is 0 Å². The summed E-state index contributed by atoms with van der Waals surface area (Å²) in [6.07, 6.45) is 14.1. The van der Waals surface area contributed by atoms with Gasteiger partial charge in [0.1, 0.15) is 0 Å². The zero-order valence-electron chi connectivity index (χ0n) is 16.8. The van der Waals surface area contributed by atoms with Gasteiger partial charge in [0, 0.05) is 11.3 Å². The lowest BCUT2D eigenvalue weighted by atomic mass is 9.87. The van der Waals surface area contributed by atoms with Crippen LogP contribution in [-0.4, -0.2) is 15.7 Å². The largest absolute Gasteiger partial charge is 0.344 e. The van der Waals surface area contributed by atoms with Gasteiger partial charge in [-0.25, -0.2) is 0 Å². The van der Waals surface area contributed by atoms with Gasteiger partial charge in [0.25, 0.3) is 5.91 Å². The molecule has 148 valence electrons. The first kappa shape index (κ1) is 18.0. The highest BCUT2D eigenvalue weighted by Gasteiger charge is 2.30. The van der Waals surface area contributed by atoms with Crippen LogP contribution in [0.15, 0.2) is 24.3 Å². The first-order valence-corrected chi connectivity index (χ1v) is 11.3. The highest BCUT2D eigenvalue weighted by molar-refractivity contribution is 5.94. The van der Waals surface area contributed by atoms with Gasteiger partial charge < -0.3 is 5.32 Å². The average molecular weight is 378 g/mol. The minimum atomic E-state index is 0.0365. The van der Waals surface area contributed by atoms with E-state index in [1.165, 1.54) is 67.3 Å². The number of aryl methyl sites for hydroxylation is 1. The molecule has 0 radical (unpaired) electrons. The molecule has 1 N–H and O–H groups in total. The molecule has 1 amide bonds. The second-order valence-corrected chi connectivity index (χ2v) is 8.83. The maximum atomic E-state index is 13.3. The molecule has 1 saturated carbocycles. The van der Waals surface area contributed by atoms with Crippen LogP contribution < -0.4 is 5.32 Å². The summed E-state index contributed by atoms with van der Waals surface area (Å²) < 4.78 is 2.26. The van der Waals surface area contributed by atoms with E-state index in [4.69, 9.17) is 5.10 Å². The van der Waals surface area contributed by atoms with Crippen LogP contribution >= 0.6 is 0 Å². The van der Waals surface area contributed by atoms with Crippen LogP contribution in [0.4, 0.5) is 0 Å². The Morgan fingerprint density at radius 3 is 2.64 bits per heavy atom. The van der Waals surface area contributed by atoms with Crippen molar-refractivity contribution in [3.63, 3.8) is 0 Å². The summed E-state index contributed by atoms with van der Waals surface area (Å²) in [6.45, 7) is 0. The molecule has 4 heteroatoms. The van der Waals surface area contributed by atoms with Crippen LogP contribution in [0.1, 0.15) is 103 Å². The van der Waals surface area contributed by atoms with Crippen molar-refractivity contribution >= 4 is 5.91 Å². The summed E-state index contributed by atoms with van der Waals surface area (Å²) in [7, 11) is 0. The van der Waals surface area contributed by atoms with Gasteiger partial charge in [0.2, 0.25) is 0 Å². The van der Waals surface area contributed by atoms with Crippen LogP contribution in [0.3, 0.4) is 0 Å².